The Kier molecular flexibility index (Phi) is 5.68. The molecule has 0 spiro atoms. The zero-order valence-electron chi connectivity index (χ0n) is 17.4. The molecule has 6 nitrogen and oxygen atoms in total. The Bertz CT molecular complexity index is 972. The third-order valence-corrected chi connectivity index (χ3v) is 4.67. The fourth-order valence-corrected chi connectivity index (χ4v) is 3.18. The zero-order chi connectivity index (χ0) is 20.4. The molecule has 0 fully saturated rings. The van der Waals surface area contributed by atoms with E-state index in [0.29, 0.717) is 0 Å². The highest BCUT2D eigenvalue weighted by molar-refractivity contribution is 5.55. The van der Waals surface area contributed by atoms with Crippen molar-refractivity contribution in [1.29, 1.82) is 0 Å². The van der Waals surface area contributed by atoms with Crippen LogP contribution < -0.4 is 10.4 Å². The SMILES string of the molecule is CC(C)c1cc(Oc2ccccc2)cc(C(C)C)c1-n1nnn(C(C)C)c1=O. The molecule has 1 aromatic heterocycles. The Balaban J connectivity index is 2.20. The highest BCUT2D eigenvalue weighted by Crippen LogP contribution is 2.35. The van der Waals surface area contributed by atoms with Gasteiger partial charge in [-0.05, 0) is 71.5 Å². The number of benzene rings is 2. The molecule has 3 aromatic rings. The normalized spacial score (nSPS) is 11.6. The summed E-state index contributed by atoms with van der Waals surface area (Å²) in [6, 6.07) is 13.7. The van der Waals surface area contributed by atoms with Crippen LogP contribution in [-0.2, 0) is 0 Å². The third-order valence-electron chi connectivity index (χ3n) is 4.67. The van der Waals surface area contributed by atoms with Crippen LogP contribution in [0.25, 0.3) is 5.69 Å². The molecular formula is C22H28N4O2. The molecule has 1 heterocycles. The van der Waals surface area contributed by atoms with E-state index < -0.39 is 0 Å². The number of aromatic nitrogens is 4. The molecule has 0 amide bonds. The monoisotopic (exact) mass is 380 g/mol. The van der Waals surface area contributed by atoms with Crippen LogP contribution in [0.2, 0.25) is 0 Å². The molecular weight excluding hydrogens is 352 g/mol. The Labute approximate surface area is 165 Å². The van der Waals surface area contributed by atoms with Crippen molar-refractivity contribution in [1.82, 2.24) is 19.8 Å². The minimum Gasteiger partial charge on any atom is -0.457 e. The molecule has 0 unspecified atom stereocenters. The topological polar surface area (TPSA) is 61.9 Å². The molecule has 0 aliphatic carbocycles. The van der Waals surface area contributed by atoms with Crippen molar-refractivity contribution < 1.29 is 4.74 Å². The predicted molar refractivity (Wildman–Crippen MR) is 111 cm³/mol. The molecule has 3 rings (SSSR count). The Morgan fingerprint density at radius 2 is 1.39 bits per heavy atom. The summed E-state index contributed by atoms with van der Waals surface area (Å²) >= 11 is 0. The number of ether oxygens (including phenoxy) is 1. The van der Waals surface area contributed by atoms with Gasteiger partial charge in [-0.25, -0.2) is 4.79 Å². The minimum atomic E-state index is -0.226. The first-order valence-corrected chi connectivity index (χ1v) is 9.75. The molecule has 0 N–H and O–H groups in total. The van der Waals surface area contributed by atoms with Gasteiger partial charge in [0.15, 0.2) is 0 Å². The lowest BCUT2D eigenvalue weighted by molar-refractivity contribution is 0.480. The van der Waals surface area contributed by atoms with Gasteiger partial charge >= 0.3 is 5.69 Å². The average molecular weight is 380 g/mol. The maximum atomic E-state index is 12.9. The van der Waals surface area contributed by atoms with Gasteiger partial charge in [-0.2, -0.15) is 9.36 Å². The van der Waals surface area contributed by atoms with Crippen LogP contribution >= 0.6 is 0 Å². The van der Waals surface area contributed by atoms with Crippen molar-refractivity contribution in [2.45, 2.75) is 59.4 Å². The summed E-state index contributed by atoms with van der Waals surface area (Å²) in [5.41, 5.74) is 2.60. The van der Waals surface area contributed by atoms with E-state index in [0.717, 1.165) is 28.3 Å². The van der Waals surface area contributed by atoms with Gasteiger partial charge in [0.05, 0.1) is 11.7 Å². The van der Waals surface area contributed by atoms with E-state index in [2.05, 4.69) is 38.1 Å². The molecule has 6 heteroatoms. The predicted octanol–water partition coefficient (Wildman–Crippen LogP) is 5.05. The maximum absolute atomic E-state index is 12.9. The molecule has 148 valence electrons. The molecule has 0 saturated carbocycles. The van der Waals surface area contributed by atoms with Crippen LogP contribution in [0.4, 0.5) is 0 Å². The first-order valence-electron chi connectivity index (χ1n) is 9.75. The van der Waals surface area contributed by atoms with Gasteiger partial charge in [0.1, 0.15) is 11.5 Å². The first-order chi connectivity index (χ1) is 13.3. The van der Waals surface area contributed by atoms with E-state index in [1.807, 2.05) is 56.3 Å². The lowest BCUT2D eigenvalue weighted by Crippen LogP contribution is -2.27. The fourth-order valence-electron chi connectivity index (χ4n) is 3.18. The highest BCUT2D eigenvalue weighted by Gasteiger charge is 2.22. The smallest absolute Gasteiger partial charge is 0.368 e. The van der Waals surface area contributed by atoms with E-state index in [1.165, 1.54) is 9.36 Å². The average Bonchev–Trinajstić information content (AvgIpc) is 3.03. The molecule has 28 heavy (non-hydrogen) atoms. The maximum Gasteiger partial charge on any atom is 0.368 e. The van der Waals surface area contributed by atoms with Gasteiger partial charge in [0, 0.05) is 0 Å². The van der Waals surface area contributed by atoms with Crippen LogP contribution in [-0.4, -0.2) is 19.8 Å². The second kappa shape index (κ2) is 8.00. The zero-order valence-corrected chi connectivity index (χ0v) is 17.4. The largest absolute Gasteiger partial charge is 0.457 e. The summed E-state index contributed by atoms with van der Waals surface area (Å²) < 4.78 is 8.93. The van der Waals surface area contributed by atoms with Crippen molar-refractivity contribution in [2.75, 3.05) is 0 Å². The number of tetrazole rings is 1. The van der Waals surface area contributed by atoms with Gasteiger partial charge in [-0.3, -0.25) is 0 Å². The van der Waals surface area contributed by atoms with Crippen LogP contribution in [0.5, 0.6) is 11.5 Å². The van der Waals surface area contributed by atoms with Crippen molar-refractivity contribution in [3.05, 3.63) is 64.1 Å². The molecule has 0 atom stereocenters. The van der Waals surface area contributed by atoms with Gasteiger partial charge in [0.25, 0.3) is 0 Å². The standard InChI is InChI=1S/C22H28N4O2/c1-14(2)19-12-18(28-17-10-8-7-9-11-17)13-20(15(3)4)21(19)26-22(27)25(16(5)6)23-24-26/h7-16H,1-6H3. The number of hydrogen-bond donors (Lipinski definition) is 0. The number of hydrogen-bond acceptors (Lipinski definition) is 4. The van der Waals surface area contributed by atoms with Crippen molar-refractivity contribution in [3.8, 4) is 17.2 Å². The number of para-hydroxylation sites is 1. The summed E-state index contributed by atoms with van der Waals surface area (Å²) in [5.74, 6) is 1.90. The van der Waals surface area contributed by atoms with Crippen LogP contribution in [0.3, 0.4) is 0 Å². The quantitative estimate of drug-likeness (QED) is 0.600. The van der Waals surface area contributed by atoms with E-state index in [1.54, 1.807) is 0 Å². The van der Waals surface area contributed by atoms with E-state index in [9.17, 15) is 4.79 Å². The lowest BCUT2D eigenvalue weighted by atomic mass is 9.92. The molecule has 0 saturated heterocycles. The molecule has 2 aromatic carbocycles. The Hall–Kier alpha value is -2.89. The summed E-state index contributed by atoms with van der Waals surface area (Å²) in [5, 5.41) is 8.25. The number of nitrogens with zero attached hydrogens (tertiary/aromatic N) is 4. The molecule has 0 aliphatic rings. The first kappa shape index (κ1) is 19.9. The number of rotatable bonds is 6. The van der Waals surface area contributed by atoms with Crippen LogP contribution in [0.1, 0.15) is 70.5 Å². The Morgan fingerprint density at radius 3 is 1.86 bits per heavy atom. The lowest BCUT2D eigenvalue weighted by Gasteiger charge is -2.20. The third kappa shape index (κ3) is 3.86. The van der Waals surface area contributed by atoms with Crippen molar-refractivity contribution in [2.24, 2.45) is 0 Å². The van der Waals surface area contributed by atoms with Crippen LogP contribution in [0, 0.1) is 0 Å². The van der Waals surface area contributed by atoms with Crippen LogP contribution in [0.15, 0.2) is 47.3 Å². The van der Waals surface area contributed by atoms with E-state index >= 15 is 0 Å². The summed E-state index contributed by atoms with van der Waals surface area (Å²) in [6.45, 7) is 12.3. The summed E-state index contributed by atoms with van der Waals surface area (Å²) in [7, 11) is 0. The van der Waals surface area contributed by atoms with E-state index in [-0.39, 0.29) is 23.6 Å². The van der Waals surface area contributed by atoms with Gasteiger partial charge < -0.3 is 4.74 Å². The van der Waals surface area contributed by atoms with Gasteiger partial charge in [-0.1, -0.05) is 45.9 Å². The molecule has 0 aliphatic heterocycles. The molecule has 0 radical (unpaired) electrons. The van der Waals surface area contributed by atoms with Gasteiger partial charge in [0.2, 0.25) is 0 Å². The Morgan fingerprint density at radius 1 is 0.821 bits per heavy atom. The van der Waals surface area contributed by atoms with Gasteiger partial charge in [-0.15, -0.1) is 0 Å². The highest BCUT2D eigenvalue weighted by atomic mass is 16.5. The van der Waals surface area contributed by atoms with Crippen molar-refractivity contribution in [3.63, 3.8) is 0 Å². The minimum absolute atomic E-state index is 0.0491. The molecule has 0 bridgehead atoms. The fraction of sp³-hybridized carbons (Fsp3) is 0.409. The van der Waals surface area contributed by atoms with E-state index in [4.69, 9.17) is 4.74 Å². The summed E-state index contributed by atoms with van der Waals surface area (Å²) in [6.07, 6.45) is 0. The van der Waals surface area contributed by atoms with Crippen molar-refractivity contribution >= 4 is 0 Å². The second-order valence-electron chi connectivity index (χ2n) is 7.89. The summed E-state index contributed by atoms with van der Waals surface area (Å²) in [4.78, 5) is 12.9. The second-order valence-corrected chi connectivity index (χ2v) is 7.89.